The molecule has 0 radical (unpaired) electrons. The number of nitrogens with zero attached hydrogens (tertiary/aromatic N) is 1. The molecule has 2 atom stereocenters. The molecule has 0 spiro atoms. The molecule has 2 unspecified atom stereocenters. The second-order valence-corrected chi connectivity index (χ2v) is 2.17. The molecule has 0 bridgehead atoms. The second-order valence-electron chi connectivity index (χ2n) is 2.17. The van der Waals surface area contributed by atoms with Gasteiger partial charge in [0.2, 0.25) is 6.04 Å². The summed E-state index contributed by atoms with van der Waals surface area (Å²) < 4.78 is 0. The largest absolute Gasteiger partial charge is 0.264 e. The van der Waals surface area contributed by atoms with Crippen LogP contribution in [0.1, 0.15) is 6.92 Å². The Balaban J connectivity index is 2.49. The van der Waals surface area contributed by atoms with Gasteiger partial charge in [-0.2, -0.15) is 0 Å². The lowest BCUT2D eigenvalue weighted by Gasteiger charge is -2.03. The summed E-state index contributed by atoms with van der Waals surface area (Å²) >= 11 is 0. The maximum Gasteiger partial charge on any atom is 0.242 e. The van der Waals surface area contributed by atoms with Crippen molar-refractivity contribution in [2.45, 2.75) is 19.0 Å². The molecule has 0 saturated carbocycles. The zero-order valence-corrected chi connectivity index (χ0v) is 5.13. The summed E-state index contributed by atoms with van der Waals surface area (Å²) in [4.78, 5) is 9.87. The van der Waals surface area contributed by atoms with Gasteiger partial charge in [-0.3, -0.25) is 15.5 Å². The average Bonchev–Trinajstić information content (AvgIpc) is 2.13. The van der Waals surface area contributed by atoms with Crippen molar-refractivity contribution < 1.29 is 4.92 Å². The first kappa shape index (κ1) is 6.44. The van der Waals surface area contributed by atoms with Gasteiger partial charge < -0.3 is 0 Å². The van der Waals surface area contributed by atoms with Gasteiger partial charge in [-0.05, 0) is 6.92 Å². The molecule has 9 heavy (non-hydrogen) atoms. The summed E-state index contributed by atoms with van der Waals surface area (Å²) in [6.45, 7) is 2.21. The molecule has 0 aromatic heterocycles. The van der Waals surface area contributed by atoms with E-state index in [1.54, 1.807) is 6.92 Å². The molecule has 1 saturated heterocycles. The highest BCUT2D eigenvalue weighted by molar-refractivity contribution is 4.77. The van der Waals surface area contributed by atoms with Crippen LogP contribution in [0.3, 0.4) is 0 Å². The summed E-state index contributed by atoms with van der Waals surface area (Å²) in [6, 6.07) is -0.523. The van der Waals surface area contributed by atoms with E-state index in [4.69, 9.17) is 0 Å². The Bertz CT molecular complexity index is 127. The maximum absolute atomic E-state index is 10.1. The van der Waals surface area contributed by atoms with E-state index in [1.807, 2.05) is 0 Å². The second kappa shape index (κ2) is 2.28. The molecule has 1 aliphatic rings. The highest BCUT2D eigenvalue weighted by Crippen LogP contribution is 1.99. The number of nitro groups is 1. The molecule has 2 N–H and O–H groups in total. The van der Waals surface area contributed by atoms with E-state index < -0.39 is 6.04 Å². The van der Waals surface area contributed by atoms with E-state index >= 15 is 0 Å². The smallest absolute Gasteiger partial charge is 0.242 e. The fraction of sp³-hybridized carbons (Fsp3) is 1.00. The first-order chi connectivity index (χ1) is 4.22. The van der Waals surface area contributed by atoms with Crippen LogP contribution >= 0.6 is 0 Å². The third-order valence-electron chi connectivity index (χ3n) is 1.49. The van der Waals surface area contributed by atoms with Gasteiger partial charge in [0, 0.05) is 4.92 Å². The molecule has 1 rings (SSSR count). The SMILES string of the molecule is CC1NNCC1[N+](=O)[O-]. The molecule has 52 valence electrons. The van der Waals surface area contributed by atoms with Crippen LogP contribution in [0.2, 0.25) is 0 Å². The maximum atomic E-state index is 10.1. The van der Waals surface area contributed by atoms with Gasteiger partial charge in [0.1, 0.15) is 0 Å². The lowest BCUT2D eigenvalue weighted by Crippen LogP contribution is -2.34. The summed E-state index contributed by atoms with van der Waals surface area (Å²) in [7, 11) is 0. The van der Waals surface area contributed by atoms with Crippen molar-refractivity contribution in [3.63, 3.8) is 0 Å². The van der Waals surface area contributed by atoms with Crippen molar-refractivity contribution in [3.8, 4) is 0 Å². The molecule has 5 nitrogen and oxygen atoms in total. The quantitative estimate of drug-likeness (QED) is 0.358. The monoisotopic (exact) mass is 131 g/mol. The van der Waals surface area contributed by atoms with Crippen LogP contribution in [0.15, 0.2) is 0 Å². The van der Waals surface area contributed by atoms with Gasteiger partial charge in [0.15, 0.2) is 0 Å². The molecule has 1 aliphatic heterocycles. The van der Waals surface area contributed by atoms with Crippen LogP contribution in [0.25, 0.3) is 0 Å². The number of hydrazine groups is 1. The van der Waals surface area contributed by atoms with Gasteiger partial charge in [-0.25, -0.2) is 5.43 Å². The van der Waals surface area contributed by atoms with Crippen molar-refractivity contribution in [2.24, 2.45) is 0 Å². The first-order valence-corrected chi connectivity index (χ1v) is 2.83. The minimum Gasteiger partial charge on any atom is -0.264 e. The van der Waals surface area contributed by atoms with Gasteiger partial charge in [-0.1, -0.05) is 0 Å². The molecular formula is C4H9N3O2. The third kappa shape index (κ3) is 1.17. The van der Waals surface area contributed by atoms with Crippen molar-refractivity contribution in [2.75, 3.05) is 6.54 Å². The Morgan fingerprint density at radius 1 is 1.78 bits per heavy atom. The Labute approximate surface area is 52.6 Å². The normalized spacial score (nSPS) is 34.8. The van der Waals surface area contributed by atoms with Crippen LogP contribution < -0.4 is 10.9 Å². The lowest BCUT2D eigenvalue weighted by atomic mass is 10.2. The molecule has 0 aliphatic carbocycles. The molecule has 1 heterocycles. The van der Waals surface area contributed by atoms with E-state index in [-0.39, 0.29) is 11.0 Å². The minimum atomic E-state index is -0.468. The third-order valence-corrected chi connectivity index (χ3v) is 1.49. The number of nitrogens with one attached hydrogen (secondary N) is 2. The van der Waals surface area contributed by atoms with Crippen LogP contribution in [0.4, 0.5) is 0 Å². The van der Waals surface area contributed by atoms with Crippen molar-refractivity contribution >= 4 is 0 Å². The summed E-state index contributed by atoms with van der Waals surface area (Å²) in [5.41, 5.74) is 5.47. The molecular weight excluding hydrogens is 122 g/mol. The van der Waals surface area contributed by atoms with Gasteiger partial charge in [0.25, 0.3) is 0 Å². The Morgan fingerprint density at radius 2 is 2.44 bits per heavy atom. The fourth-order valence-corrected chi connectivity index (χ4v) is 0.855. The van der Waals surface area contributed by atoms with Crippen molar-refractivity contribution in [1.29, 1.82) is 0 Å². The standard InChI is InChI=1S/C4H9N3O2/c1-3-4(7(8)9)2-5-6-3/h3-6H,2H2,1H3. The molecule has 0 amide bonds. The van der Waals surface area contributed by atoms with Crippen LogP contribution in [0.5, 0.6) is 0 Å². The summed E-state index contributed by atoms with van der Waals surface area (Å²) in [6.07, 6.45) is 0. The average molecular weight is 131 g/mol. The minimum absolute atomic E-state index is 0.0556. The highest BCUT2D eigenvalue weighted by Gasteiger charge is 2.32. The zero-order chi connectivity index (χ0) is 6.85. The summed E-state index contributed by atoms with van der Waals surface area (Å²) in [5.74, 6) is 0. The molecule has 0 aromatic rings. The number of hydrogen-bond acceptors (Lipinski definition) is 4. The van der Waals surface area contributed by atoms with E-state index in [2.05, 4.69) is 10.9 Å². The van der Waals surface area contributed by atoms with Crippen molar-refractivity contribution in [3.05, 3.63) is 10.1 Å². The number of rotatable bonds is 1. The van der Waals surface area contributed by atoms with Gasteiger partial charge in [-0.15, -0.1) is 0 Å². The van der Waals surface area contributed by atoms with Crippen LogP contribution in [0, 0.1) is 10.1 Å². The van der Waals surface area contributed by atoms with Crippen molar-refractivity contribution in [1.82, 2.24) is 10.9 Å². The van der Waals surface area contributed by atoms with E-state index in [1.165, 1.54) is 0 Å². The van der Waals surface area contributed by atoms with E-state index in [0.29, 0.717) is 6.54 Å². The Kier molecular flexibility index (Phi) is 1.63. The molecule has 0 aromatic carbocycles. The van der Waals surface area contributed by atoms with Gasteiger partial charge in [0.05, 0.1) is 12.6 Å². The molecule has 5 heteroatoms. The zero-order valence-electron chi connectivity index (χ0n) is 5.13. The van der Waals surface area contributed by atoms with E-state index in [0.717, 1.165) is 0 Å². The summed E-state index contributed by atoms with van der Waals surface area (Å²) in [5, 5.41) is 10.1. The highest BCUT2D eigenvalue weighted by atomic mass is 16.6. The predicted molar refractivity (Wildman–Crippen MR) is 31.4 cm³/mol. The molecule has 1 fully saturated rings. The van der Waals surface area contributed by atoms with Crippen LogP contribution in [-0.4, -0.2) is 23.6 Å². The lowest BCUT2D eigenvalue weighted by molar-refractivity contribution is -0.519. The topological polar surface area (TPSA) is 67.2 Å². The van der Waals surface area contributed by atoms with Gasteiger partial charge >= 0.3 is 0 Å². The van der Waals surface area contributed by atoms with Crippen LogP contribution in [-0.2, 0) is 0 Å². The first-order valence-electron chi connectivity index (χ1n) is 2.83. The fourth-order valence-electron chi connectivity index (χ4n) is 0.855. The van der Waals surface area contributed by atoms with E-state index in [9.17, 15) is 10.1 Å². The number of hydrogen-bond donors (Lipinski definition) is 2. The predicted octanol–water partition coefficient (Wildman–Crippen LogP) is -0.872. The Morgan fingerprint density at radius 3 is 2.67 bits per heavy atom. The Hall–Kier alpha value is -0.680.